The molecule has 0 saturated heterocycles. The number of fused-ring (bicyclic) bond motifs is 1. The van der Waals surface area contributed by atoms with Crippen molar-refractivity contribution in [1.82, 2.24) is 4.98 Å². The molecule has 2 amide bonds. The van der Waals surface area contributed by atoms with Gasteiger partial charge in [-0.2, -0.15) is 5.26 Å². The predicted octanol–water partition coefficient (Wildman–Crippen LogP) is 5.41. The number of anilines is 3. The Morgan fingerprint density at radius 3 is 2.42 bits per heavy atom. The Hall–Kier alpha value is -4.57. The largest absolute Gasteiger partial charge is 0.497 e. The molecular formula is C26H23N5O2. The van der Waals surface area contributed by atoms with Crippen LogP contribution < -0.4 is 20.7 Å². The molecule has 1 aromatic heterocycles. The van der Waals surface area contributed by atoms with Crippen molar-refractivity contribution < 1.29 is 9.53 Å². The highest BCUT2D eigenvalue weighted by Gasteiger charge is 2.10. The monoisotopic (exact) mass is 437 g/mol. The lowest BCUT2D eigenvalue weighted by molar-refractivity contribution is 0.262. The zero-order valence-corrected chi connectivity index (χ0v) is 18.1. The van der Waals surface area contributed by atoms with Gasteiger partial charge in [0.25, 0.3) is 0 Å². The highest BCUT2D eigenvalue weighted by atomic mass is 16.5. The van der Waals surface area contributed by atoms with Crippen LogP contribution in [0.3, 0.4) is 0 Å². The number of amides is 2. The summed E-state index contributed by atoms with van der Waals surface area (Å²) in [5.41, 5.74) is 4.57. The molecule has 33 heavy (non-hydrogen) atoms. The molecule has 3 aromatic carbocycles. The number of rotatable bonds is 7. The molecule has 3 N–H and O–H groups in total. The minimum absolute atomic E-state index is 0.291. The first kappa shape index (κ1) is 21.7. The van der Waals surface area contributed by atoms with Gasteiger partial charge in [-0.05, 0) is 48.4 Å². The third-order valence-corrected chi connectivity index (χ3v) is 5.16. The van der Waals surface area contributed by atoms with Gasteiger partial charge in [-0.25, -0.2) is 4.79 Å². The summed E-state index contributed by atoms with van der Waals surface area (Å²) >= 11 is 0. The highest BCUT2D eigenvalue weighted by molar-refractivity contribution is 5.99. The molecule has 7 nitrogen and oxygen atoms in total. The summed E-state index contributed by atoms with van der Waals surface area (Å²) in [6.07, 6.45) is 2.33. The molecule has 0 aliphatic heterocycles. The van der Waals surface area contributed by atoms with E-state index in [0.717, 1.165) is 40.0 Å². The van der Waals surface area contributed by atoms with Gasteiger partial charge in [0.2, 0.25) is 0 Å². The number of para-hydroxylation sites is 1. The first-order valence-corrected chi connectivity index (χ1v) is 10.5. The first-order valence-electron chi connectivity index (χ1n) is 10.5. The van der Waals surface area contributed by atoms with Crippen LogP contribution in [0.15, 0.2) is 79.0 Å². The lowest BCUT2D eigenvalue weighted by Gasteiger charge is -2.12. The van der Waals surface area contributed by atoms with Crippen molar-refractivity contribution in [2.75, 3.05) is 29.6 Å². The molecule has 0 spiro atoms. The Bertz CT molecular complexity index is 1300. The summed E-state index contributed by atoms with van der Waals surface area (Å²) in [7, 11) is 1.61. The molecule has 0 unspecified atom stereocenters. The van der Waals surface area contributed by atoms with E-state index in [1.165, 1.54) is 0 Å². The molecule has 0 fully saturated rings. The number of nitrogens with one attached hydrogen (secondary N) is 3. The second-order valence-corrected chi connectivity index (χ2v) is 7.36. The summed E-state index contributed by atoms with van der Waals surface area (Å²) in [5.74, 6) is 0.719. The Balaban J connectivity index is 1.37. The number of nitrogens with zero attached hydrogens (tertiary/aromatic N) is 2. The maximum absolute atomic E-state index is 12.1. The Kier molecular flexibility index (Phi) is 6.67. The summed E-state index contributed by atoms with van der Waals surface area (Å²) in [5, 5.41) is 19.4. The topological polar surface area (TPSA) is 99.1 Å². The van der Waals surface area contributed by atoms with Gasteiger partial charge in [-0.1, -0.05) is 30.3 Å². The summed E-state index contributed by atoms with van der Waals surface area (Å²) in [4.78, 5) is 16.5. The number of pyridine rings is 1. The van der Waals surface area contributed by atoms with E-state index in [1.54, 1.807) is 13.3 Å². The fourth-order valence-corrected chi connectivity index (χ4v) is 3.48. The Morgan fingerprint density at radius 2 is 1.73 bits per heavy atom. The SMILES string of the molecule is COc1ccc2c(NCCc3ccc(NC(=O)Nc4ccccc4)cc3)c(C#N)cnc2c1. The molecular weight excluding hydrogens is 414 g/mol. The number of aromatic nitrogens is 1. The lowest BCUT2D eigenvalue weighted by Crippen LogP contribution is -2.19. The smallest absolute Gasteiger partial charge is 0.323 e. The van der Waals surface area contributed by atoms with E-state index in [9.17, 15) is 10.1 Å². The van der Waals surface area contributed by atoms with Gasteiger partial charge in [0, 0.05) is 35.6 Å². The van der Waals surface area contributed by atoms with Gasteiger partial charge >= 0.3 is 6.03 Å². The van der Waals surface area contributed by atoms with E-state index in [1.807, 2.05) is 72.8 Å². The number of benzene rings is 3. The number of urea groups is 1. The van der Waals surface area contributed by atoms with Crippen molar-refractivity contribution in [2.24, 2.45) is 0 Å². The molecule has 0 atom stereocenters. The molecule has 0 radical (unpaired) electrons. The normalized spacial score (nSPS) is 10.3. The van der Waals surface area contributed by atoms with Crippen molar-refractivity contribution in [3.8, 4) is 11.8 Å². The van der Waals surface area contributed by atoms with Gasteiger partial charge in [0.15, 0.2) is 0 Å². The highest BCUT2D eigenvalue weighted by Crippen LogP contribution is 2.28. The first-order chi connectivity index (χ1) is 16.2. The van der Waals surface area contributed by atoms with Crippen LogP contribution in [0, 0.1) is 11.3 Å². The van der Waals surface area contributed by atoms with Crippen LogP contribution in [0.4, 0.5) is 21.9 Å². The van der Waals surface area contributed by atoms with Crippen molar-refractivity contribution in [3.05, 3.63) is 90.1 Å². The van der Waals surface area contributed by atoms with E-state index < -0.39 is 0 Å². The number of ether oxygens (including phenoxy) is 1. The molecule has 0 saturated carbocycles. The second-order valence-electron chi connectivity index (χ2n) is 7.36. The van der Waals surface area contributed by atoms with Crippen LogP contribution in [-0.2, 0) is 6.42 Å². The maximum Gasteiger partial charge on any atom is 0.323 e. The van der Waals surface area contributed by atoms with Crippen LogP contribution in [0.2, 0.25) is 0 Å². The zero-order chi connectivity index (χ0) is 23.0. The molecule has 164 valence electrons. The van der Waals surface area contributed by atoms with Gasteiger partial charge < -0.3 is 20.7 Å². The second kappa shape index (κ2) is 10.2. The molecule has 4 rings (SSSR count). The standard InChI is InChI=1S/C26H23N5O2/c1-33-22-11-12-23-24(15-22)29-17-19(16-27)25(23)28-14-13-18-7-9-21(10-8-18)31-26(32)30-20-5-3-2-4-6-20/h2-12,15,17H,13-14H2,1H3,(H,28,29)(H2,30,31,32). The number of carbonyl (C=O) groups is 1. The van der Waals surface area contributed by atoms with E-state index >= 15 is 0 Å². The van der Waals surface area contributed by atoms with Crippen molar-refractivity contribution >= 4 is 34.0 Å². The van der Waals surface area contributed by atoms with E-state index in [2.05, 4.69) is 27.0 Å². The molecule has 1 heterocycles. The molecule has 0 aliphatic rings. The third kappa shape index (κ3) is 5.38. The van der Waals surface area contributed by atoms with E-state index in [-0.39, 0.29) is 6.03 Å². The van der Waals surface area contributed by atoms with E-state index in [4.69, 9.17) is 4.74 Å². The van der Waals surface area contributed by atoms with Gasteiger partial charge in [-0.3, -0.25) is 4.98 Å². The zero-order valence-electron chi connectivity index (χ0n) is 18.1. The predicted molar refractivity (Wildman–Crippen MR) is 131 cm³/mol. The van der Waals surface area contributed by atoms with Crippen molar-refractivity contribution in [1.29, 1.82) is 5.26 Å². The number of hydrogen-bond acceptors (Lipinski definition) is 5. The van der Waals surface area contributed by atoms with Gasteiger partial charge in [0.05, 0.1) is 23.9 Å². The van der Waals surface area contributed by atoms with Crippen molar-refractivity contribution in [2.45, 2.75) is 6.42 Å². The number of methoxy groups -OCH3 is 1. The van der Waals surface area contributed by atoms with Crippen LogP contribution in [0.5, 0.6) is 5.75 Å². The Morgan fingerprint density at radius 1 is 1.00 bits per heavy atom. The summed E-state index contributed by atoms with van der Waals surface area (Å²) in [6.45, 7) is 0.640. The maximum atomic E-state index is 12.1. The fraction of sp³-hybridized carbons (Fsp3) is 0.115. The minimum Gasteiger partial charge on any atom is -0.497 e. The Labute approximate surface area is 192 Å². The van der Waals surface area contributed by atoms with Crippen molar-refractivity contribution in [3.63, 3.8) is 0 Å². The number of hydrogen-bond donors (Lipinski definition) is 3. The summed E-state index contributed by atoms with van der Waals surface area (Å²) < 4.78 is 5.27. The molecule has 0 aliphatic carbocycles. The molecule has 4 aromatic rings. The molecule has 7 heteroatoms. The molecule has 0 bridgehead atoms. The number of carbonyl (C=O) groups excluding carboxylic acids is 1. The van der Waals surface area contributed by atoms with Crippen LogP contribution in [0.1, 0.15) is 11.1 Å². The van der Waals surface area contributed by atoms with E-state index in [0.29, 0.717) is 17.8 Å². The minimum atomic E-state index is -0.291. The number of nitriles is 1. The quantitative estimate of drug-likeness (QED) is 0.359. The summed E-state index contributed by atoms with van der Waals surface area (Å²) in [6, 6.07) is 24.5. The average molecular weight is 438 g/mol. The van der Waals surface area contributed by atoms with Crippen LogP contribution in [0.25, 0.3) is 10.9 Å². The van der Waals surface area contributed by atoms with Gasteiger partial charge in [-0.15, -0.1) is 0 Å². The lowest BCUT2D eigenvalue weighted by atomic mass is 10.1. The third-order valence-electron chi connectivity index (χ3n) is 5.16. The average Bonchev–Trinajstić information content (AvgIpc) is 2.85. The van der Waals surface area contributed by atoms with Crippen LogP contribution in [-0.4, -0.2) is 24.7 Å². The fourth-order valence-electron chi connectivity index (χ4n) is 3.48. The van der Waals surface area contributed by atoms with Crippen LogP contribution >= 0.6 is 0 Å². The van der Waals surface area contributed by atoms with Gasteiger partial charge in [0.1, 0.15) is 11.8 Å².